The fraction of sp³-hybridized carbons (Fsp3) is 0.0769. The lowest BCUT2D eigenvalue weighted by molar-refractivity contribution is 0.253. The first-order valence-electron chi connectivity index (χ1n) is 5.65. The number of carbonyl (C=O) groups is 1. The molecule has 2 N–H and O–H groups in total. The Balaban J connectivity index is 2.14. The molecule has 1 aliphatic rings. The van der Waals surface area contributed by atoms with Gasteiger partial charge in [0.2, 0.25) is 0 Å². The molecule has 1 radical (unpaired) electrons. The molecule has 20 heavy (non-hydrogen) atoms. The number of hydrogen-bond acceptors (Lipinski definition) is 3. The molecular weight excluding hydrogens is 301 g/mol. The molecule has 3 rings (SSSR count). The number of aromatic nitrogens is 1. The van der Waals surface area contributed by atoms with Crippen molar-refractivity contribution in [2.24, 2.45) is 5.73 Å². The maximum atomic E-state index is 14.1. The molecule has 1 unspecified atom stereocenters. The highest BCUT2D eigenvalue weighted by molar-refractivity contribution is 8.00. The third-order valence-corrected chi connectivity index (χ3v) is 4.45. The molecule has 1 aromatic heterocycles. The molecular formula is C13H8ClFN3OS. The molecule has 0 fully saturated rings. The van der Waals surface area contributed by atoms with E-state index in [9.17, 15) is 9.18 Å². The summed E-state index contributed by atoms with van der Waals surface area (Å²) >= 11 is 7.30. The molecule has 0 bridgehead atoms. The van der Waals surface area contributed by atoms with Crippen LogP contribution in [0.4, 0.5) is 14.9 Å². The first kappa shape index (κ1) is 13.2. The highest BCUT2D eigenvalue weighted by Gasteiger charge is 2.37. The van der Waals surface area contributed by atoms with Gasteiger partial charge in [-0.3, -0.25) is 9.88 Å². The van der Waals surface area contributed by atoms with Crippen LogP contribution >= 0.6 is 23.4 Å². The van der Waals surface area contributed by atoms with E-state index in [0.29, 0.717) is 10.6 Å². The second-order valence-corrected chi connectivity index (χ2v) is 5.58. The van der Waals surface area contributed by atoms with Gasteiger partial charge in [0.1, 0.15) is 17.4 Å². The van der Waals surface area contributed by atoms with E-state index in [1.54, 1.807) is 12.1 Å². The van der Waals surface area contributed by atoms with Crippen LogP contribution in [0.15, 0.2) is 35.4 Å². The summed E-state index contributed by atoms with van der Waals surface area (Å²) in [7, 11) is 0. The lowest BCUT2D eigenvalue weighted by Gasteiger charge is -2.23. The molecule has 2 heterocycles. The number of anilines is 1. The zero-order valence-electron chi connectivity index (χ0n) is 10.0. The maximum Gasteiger partial charge on any atom is 0.320 e. The number of pyridine rings is 1. The summed E-state index contributed by atoms with van der Waals surface area (Å²) in [5.74, 6) is -0.484. The predicted molar refractivity (Wildman–Crippen MR) is 75.1 cm³/mol. The largest absolute Gasteiger partial charge is 0.351 e. The Hall–Kier alpha value is -1.79. The number of carbonyl (C=O) groups excluding carboxylic acids is 1. The van der Waals surface area contributed by atoms with Crippen LogP contribution in [0.25, 0.3) is 0 Å². The van der Waals surface area contributed by atoms with Crippen molar-refractivity contribution in [3.63, 3.8) is 0 Å². The van der Waals surface area contributed by atoms with Gasteiger partial charge in [0.15, 0.2) is 0 Å². The van der Waals surface area contributed by atoms with Crippen LogP contribution in [0, 0.1) is 12.0 Å². The summed E-state index contributed by atoms with van der Waals surface area (Å²) in [5.41, 5.74) is 6.20. The van der Waals surface area contributed by atoms with Crippen LogP contribution in [0.3, 0.4) is 0 Å². The van der Waals surface area contributed by atoms with Crippen molar-refractivity contribution in [1.82, 2.24) is 4.98 Å². The number of halogens is 2. The molecule has 0 aliphatic carbocycles. The third-order valence-electron chi connectivity index (χ3n) is 2.91. The normalized spacial score (nSPS) is 17.1. The van der Waals surface area contributed by atoms with Gasteiger partial charge in [-0.15, -0.1) is 0 Å². The Labute approximate surface area is 123 Å². The highest BCUT2D eigenvalue weighted by atomic mass is 35.5. The summed E-state index contributed by atoms with van der Waals surface area (Å²) in [5, 5.41) is -0.411. The second-order valence-electron chi connectivity index (χ2n) is 4.08. The Morgan fingerprint density at radius 3 is 3.00 bits per heavy atom. The zero-order valence-corrected chi connectivity index (χ0v) is 11.6. The summed E-state index contributed by atoms with van der Waals surface area (Å²) in [4.78, 5) is 17.5. The van der Waals surface area contributed by atoms with Crippen molar-refractivity contribution in [2.75, 3.05) is 4.90 Å². The van der Waals surface area contributed by atoms with Gasteiger partial charge in [-0.05, 0) is 18.2 Å². The lowest BCUT2D eigenvalue weighted by atomic mass is 10.2. The van der Waals surface area contributed by atoms with Crippen LogP contribution in [-0.4, -0.2) is 11.0 Å². The smallest absolute Gasteiger partial charge is 0.320 e. The Kier molecular flexibility index (Phi) is 3.27. The minimum atomic E-state index is -0.680. The molecule has 2 amide bonds. The van der Waals surface area contributed by atoms with Crippen LogP contribution in [0.5, 0.6) is 0 Å². The van der Waals surface area contributed by atoms with Gasteiger partial charge in [0.25, 0.3) is 0 Å². The second kappa shape index (κ2) is 4.96. The van der Waals surface area contributed by atoms with Crippen LogP contribution in [0.2, 0.25) is 5.02 Å². The molecule has 101 valence electrons. The number of benzene rings is 1. The van der Waals surface area contributed by atoms with Crippen LogP contribution in [0.1, 0.15) is 10.9 Å². The molecule has 0 saturated heterocycles. The molecule has 0 spiro atoms. The van der Waals surface area contributed by atoms with Gasteiger partial charge >= 0.3 is 6.03 Å². The Bertz CT molecular complexity index is 677. The quantitative estimate of drug-likeness (QED) is 0.878. The van der Waals surface area contributed by atoms with E-state index in [2.05, 4.69) is 11.2 Å². The van der Waals surface area contributed by atoms with Gasteiger partial charge in [-0.2, -0.15) is 0 Å². The number of nitrogens with two attached hydrogens (primary N) is 1. The third kappa shape index (κ3) is 2.01. The van der Waals surface area contributed by atoms with Crippen molar-refractivity contribution >= 4 is 35.1 Å². The van der Waals surface area contributed by atoms with Gasteiger partial charge in [-0.1, -0.05) is 29.4 Å². The number of thioether (sulfide) groups is 1. The minimum absolute atomic E-state index is 0.225. The zero-order chi connectivity index (χ0) is 14.3. The number of nitrogens with zero attached hydrogens (tertiary/aromatic N) is 2. The van der Waals surface area contributed by atoms with Crippen molar-refractivity contribution in [3.05, 3.63) is 53.1 Å². The van der Waals surface area contributed by atoms with Crippen LogP contribution < -0.4 is 10.6 Å². The van der Waals surface area contributed by atoms with Gasteiger partial charge in [0.05, 0.1) is 10.6 Å². The van der Waals surface area contributed by atoms with Gasteiger partial charge in [-0.25, -0.2) is 9.18 Å². The number of urea groups is 1. The molecule has 1 aliphatic heterocycles. The first-order valence-corrected chi connectivity index (χ1v) is 6.91. The van der Waals surface area contributed by atoms with Crippen molar-refractivity contribution < 1.29 is 9.18 Å². The molecule has 1 atom stereocenters. The SMILES string of the molecule is NC(=O)N1c2ccn[c]c2SC1c1c(F)cccc1Cl. The van der Waals surface area contributed by atoms with Crippen molar-refractivity contribution in [2.45, 2.75) is 10.3 Å². The Morgan fingerprint density at radius 2 is 2.30 bits per heavy atom. The molecule has 1 aromatic carbocycles. The molecule has 7 heteroatoms. The summed E-state index contributed by atoms with van der Waals surface area (Å²) in [6.07, 6.45) is 4.27. The predicted octanol–water partition coefficient (Wildman–Crippen LogP) is 3.36. The van der Waals surface area contributed by atoms with E-state index in [4.69, 9.17) is 17.3 Å². The fourth-order valence-electron chi connectivity index (χ4n) is 2.07. The van der Waals surface area contributed by atoms with Gasteiger partial charge < -0.3 is 5.73 Å². The number of hydrogen-bond donors (Lipinski definition) is 1. The average Bonchev–Trinajstić information content (AvgIpc) is 2.77. The summed E-state index contributed by atoms with van der Waals surface area (Å²) in [6, 6.07) is 5.34. The molecule has 4 nitrogen and oxygen atoms in total. The highest BCUT2D eigenvalue weighted by Crippen LogP contribution is 2.52. The van der Waals surface area contributed by atoms with E-state index >= 15 is 0 Å². The van der Waals surface area contributed by atoms with E-state index in [1.165, 1.54) is 35.0 Å². The maximum absolute atomic E-state index is 14.1. The number of rotatable bonds is 1. The van der Waals surface area contributed by atoms with E-state index in [0.717, 1.165) is 0 Å². The number of primary amides is 1. The monoisotopic (exact) mass is 308 g/mol. The number of amides is 2. The van der Waals surface area contributed by atoms with Crippen molar-refractivity contribution in [1.29, 1.82) is 0 Å². The topological polar surface area (TPSA) is 59.2 Å². The van der Waals surface area contributed by atoms with Crippen LogP contribution in [-0.2, 0) is 0 Å². The van der Waals surface area contributed by atoms with E-state index < -0.39 is 17.2 Å². The first-order chi connectivity index (χ1) is 9.59. The van der Waals surface area contributed by atoms with Crippen molar-refractivity contribution in [3.8, 4) is 0 Å². The van der Waals surface area contributed by atoms with E-state index in [1.807, 2.05) is 0 Å². The summed E-state index contributed by atoms with van der Waals surface area (Å²) in [6.45, 7) is 0. The van der Waals surface area contributed by atoms with E-state index in [-0.39, 0.29) is 10.6 Å². The Morgan fingerprint density at radius 1 is 1.50 bits per heavy atom. The standard InChI is InChI=1S/C13H8ClFN3OS/c14-7-2-1-3-8(15)11(7)12-18(13(16)19)9-4-5-17-6-10(9)20-12/h1-5,12H,(H2,16,19). The summed E-state index contributed by atoms with van der Waals surface area (Å²) < 4.78 is 14.1. The average molecular weight is 309 g/mol. The minimum Gasteiger partial charge on any atom is -0.351 e. The lowest BCUT2D eigenvalue weighted by Crippen LogP contribution is -2.35. The molecule has 0 saturated carbocycles. The fourth-order valence-corrected chi connectivity index (χ4v) is 3.70. The van der Waals surface area contributed by atoms with Gasteiger partial charge in [0, 0.05) is 16.8 Å². The molecule has 2 aromatic rings. The number of fused-ring (bicyclic) bond motifs is 1.